The number of nitrogens with zero attached hydrogens (tertiary/aromatic N) is 4. The first-order valence-electron chi connectivity index (χ1n) is 2.90. The van der Waals surface area contributed by atoms with Gasteiger partial charge in [0, 0.05) is 6.20 Å². The number of nitrogen functional groups attached to an aromatic ring is 1. The second kappa shape index (κ2) is 2.06. The van der Waals surface area contributed by atoms with Crippen LogP contribution in [0.3, 0.4) is 0 Å². The molecule has 11 heavy (non-hydrogen) atoms. The van der Waals surface area contributed by atoms with Crippen LogP contribution < -0.4 is 5.73 Å². The van der Waals surface area contributed by atoms with Crippen molar-refractivity contribution in [2.24, 2.45) is 0 Å². The average Bonchev–Trinajstić information content (AvgIpc) is 2.31. The largest absolute Gasteiger partial charge is 0.366 e. The minimum atomic E-state index is 0.172. The first-order valence-corrected chi connectivity index (χ1v) is 3.28. The molecule has 2 rings (SSSR count). The molecule has 0 atom stereocenters. The molecule has 56 valence electrons. The third kappa shape index (κ3) is 0.894. The van der Waals surface area contributed by atoms with Crippen LogP contribution in [0.15, 0.2) is 12.3 Å². The van der Waals surface area contributed by atoms with Crippen molar-refractivity contribution in [3.63, 3.8) is 0 Å². The zero-order valence-corrected chi connectivity index (χ0v) is 6.15. The fraction of sp³-hybridized carbons (Fsp3) is 0. The van der Waals surface area contributed by atoms with Gasteiger partial charge in [-0.15, -0.1) is 5.10 Å². The van der Waals surface area contributed by atoms with Gasteiger partial charge in [0.15, 0.2) is 0 Å². The zero-order chi connectivity index (χ0) is 7.84. The Morgan fingerprint density at radius 1 is 1.55 bits per heavy atom. The molecule has 0 aliphatic rings. The van der Waals surface area contributed by atoms with Crippen LogP contribution in [0, 0.1) is 0 Å². The van der Waals surface area contributed by atoms with Crippen molar-refractivity contribution in [1.29, 1.82) is 0 Å². The van der Waals surface area contributed by atoms with Gasteiger partial charge in [0.2, 0.25) is 5.95 Å². The lowest BCUT2D eigenvalue weighted by Gasteiger charge is -1.90. The van der Waals surface area contributed by atoms with Crippen LogP contribution in [0.1, 0.15) is 0 Å². The number of rotatable bonds is 0. The van der Waals surface area contributed by atoms with Gasteiger partial charge in [-0.2, -0.15) is 9.50 Å². The Balaban J connectivity index is 2.90. The zero-order valence-electron chi connectivity index (χ0n) is 5.40. The van der Waals surface area contributed by atoms with Gasteiger partial charge in [0.1, 0.15) is 5.15 Å². The van der Waals surface area contributed by atoms with Gasteiger partial charge in [0.05, 0.1) is 0 Å². The third-order valence-electron chi connectivity index (χ3n) is 1.21. The molecule has 0 amide bonds. The lowest BCUT2D eigenvalue weighted by Crippen LogP contribution is -1.91. The normalized spacial score (nSPS) is 10.6. The van der Waals surface area contributed by atoms with E-state index in [1.54, 1.807) is 12.3 Å². The minimum Gasteiger partial charge on any atom is -0.366 e. The van der Waals surface area contributed by atoms with Crippen molar-refractivity contribution in [3.05, 3.63) is 17.4 Å². The number of hydrogen-bond acceptors (Lipinski definition) is 4. The Labute approximate surface area is 66.8 Å². The summed E-state index contributed by atoms with van der Waals surface area (Å²) < 4.78 is 1.37. The maximum absolute atomic E-state index is 5.74. The van der Waals surface area contributed by atoms with E-state index >= 15 is 0 Å². The van der Waals surface area contributed by atoms with Crippen LogP contribution in [0.25, 0.3) is 5.78 Å². The summed E-state index contributed by atoms with van der Waals surface area (Å²) in [5.41, 5.74) is 5.32. The van der Waals surface area contributed by atoms with Gasteiger partial charge >= 0.3 is 0 Å². The van der Waals surface area contributed by atoms with E-state index in [0.717, 1.165) is 0 Å². The average molecular weight is 170 g/mol. The highest BCUT2D eigenvalue weighted by atomic mass is 35.5. The smallest absolute Gasteiger partial charge is 0.255 e. The SMILES string of the molecule is Nc1nc2nccc(Cl)n2n1. The van der Waals surface area contributed by atoms with Crippen molar-refractivity contribution in [2.45, 2.75) is 0 Å². The Kier molecular flexibility index (Phi) is 1.19. The number of halogens is 1. The molecule has 0 saturated heterocycles. The molecule has 0 spiro atoms. The van der Waals surface area contributed by atoms with E-state index < -0.39 is 0 Å². The molecular weight excluding hydrogens is 166 g/mol. The number of aromatic nitrogens is 4. The molecule has 2 aromatic rings. The maximum atomic E-state index is 5.74. The molecule has 0 radical (unpaired) electrons. The first kappa shape index (κ1) is 6.36. The van der Waals surface area contributed by atoms with Gasteiger partial charge in [-0.1, -0.05) is 11.6 Å². The number of fused-ring (bicyclic) bond motifs is 1. The van der Waals surface area contributed by atoms with Crippen LogP contribution in [-0.2, 0) is 0 Å². The predicted octanol–water partition coefficient (Wildman–Crippen LogP) is 0.360. The molecule has 0 bridgehead atoms. The maximum Gasteiger partial charge on any atom is 0.255 e. The molecule has 0 fully saturated rings. The highest BCUT2D eigenvalue weighted by molar-refractivity contribution is 6.29. The summed E-state index contributed by atoms with van der Waals surface area (Å²) in [5, 5.41) is 4.25. The van der Waals surface area contributed by atoms with E-state index in [1.807, 2.05) is 0 Å². The van der Waals surface area contributed by atoms with Crippen LogP contribution in [0.2, 0.25) is 5.15 Å². The van der Waals surface area contributed by atoms with E-state index in [-0.39, 0.29) is 5.95 Å². The Morgan fingerprint density at radius 3 is 3.09 bits per heavy atom. The van der Waals surface area contributed by atoms with Crippen molar-refractivity contribution in [1.82, 2.24) is 19.6 Å². The van der Waals surface area contributed by atoms with Crippen molar-refractivity contribution < 1.29 is 0 Å². The monoisotopic (exact) mass is 169 g/mol. The summed E-state index contributed by atoms with van der Waals surface area (Å²) in [6.07, 6.45) is 1.55. The van der Waals surface area contributed by atoms with Gasteiger partial charge in [-0.25, -0.2) is 4.98 Å². The summed E-state index contributed by atoms with van der Waals surface area (Å²) in [6, 6.07) is 1.61. The molecule has 0 saturated carbocycles. The molecule has 2 N–H and O–H groups in total. The van der Waals surface area contributed by atoms with Gasteiger partial charge in [-0.3, -0.25) is 0 Å². The fourth-order valence-corrected chi connectivity index (χ4v) is 0.952. The number of nitrogens with two attached hydrogens (primary N) is 1. The summed E-state index contributed by atoms with van der Waals surface area (Å²) in [7, 11) is 0. The van der Waals surface area contributed by atoms with Gasteiger partial charge in [-0.05, 0) is 6.07 Å². The molecular formula is C5H4ClN5. The Morgan fingerprint density at radius 2 is 2.36 bits per heavy atom. The highest BCUT2D eigenvalue weighted by Gasteiger charge is 2.02. The Hall–Kier alpha value is -1.36. The standard InChI is InChI=1S/C5H4ClN5/c6-3-1-2-8-5-9-4(7)10-11(3)5/h1-2H,(H2,7,10). The molecule has 5 nitrogen and oxygen atoms in total. The molecule has 0 aromatic carbocycles. The van der Waals surface area contributed by atoms with E-state index in [2.05, 4.69) is 15.1 Å². The summed E-state index contributed by atoms with van der Waals surface area (Å²) in [6.45, 7) is 0. The number of hydrogen-bond donors (Lipinski definition) is 1. The molecule has 6 heteroatoms. The number of anilines is 1. The van der Waals surface area contributed by atoms with Crippen LogP contribution in [-0.4, -0.2) is 19.6 Å². The minimum absolute atomic E-state index is 0.172. The van der Waals surface area contributed by atoms with Crippen LogP contribution in [0.4, 0.5) is 5.95 Å². The van der Waals surface area contributed by atoms with Crippen molar-refractivity contribution in [3.8, 4) is 0 Å². The lowest BCUT2D eigenvalue weighted by molar-refractivity contribution is 0.945. The van der Waals surface area contributed by atoms with E-state index in [0.29, 0.717) is 10.9 Å². The fourth-order valence-electron chi connectivity index (χ4n) is 0.782. The van der Waals surface area contributed by atoms with E-state index in [9.17, 15) is 0 Å². The molecule has 2 heterocycles. The summed E-state index contributed by atoms with van der Waals surface area (Å²) >= 11 is 5.74. The lowest BCUT2D eigenvalue weighted by atomic mass is 10.7. The molecule has 0 aliphatic heterocycles. The molecule has 0 unspecified atom stereocenters. The highest BCUT2D eigenvalue weighted by Crippen LogP contribution is 2.08. The summed E-state index contributed by atoms with van der Waals surface area (Å²) in [5.74, 6) is 0.584. The first-order chi connectivity index (χ1) is 5.27. The van der Waals surface area contributed by atoms with Crippen LogP contribution in [0.5, 0.6) is 0 Å². The van der Waals surface area contributed by atoms with E-state index in [1.165, 1.54) is 4.52 Å². The second-order valence-electron chi connectivity index (χ2n) is 1.95. The second-order valence-corrected chi connectivity index (χ2v) is 2.34. The van der Waals surface area contributed by atoms with Crippen molar-refractivity contribution in [2.75, 3.05) is 5.73 Å². The van der Waals surface area contributed by atoms with E-state index in [4.69, 9.17) is 17.3 Å². The predicted molar refractivity (Wildman–Crippen MR) is 40.2 cm³/mol. The Bertz CT molecular complexity index is 395. The van der Waals surface area contributed by atoms with Crippen LogP contribution >= 0.6 is 11.6 Å². The molecule has 2 aromatic heterocycles. The van der Waals surface area contributed by atoms with Gasteiger partial charge in [0.25, 0.3) is 5.78 Å². The quantitative estimate of drug-likeness (QED) is 0.579. The van der Waals surface area contributed by atoms with Gasteiger partial charge < -0.3 is 5.73 Å². The van der Waals surface area contributed by atoms with Crippen molar-refractivity contribution >= 4 is 23.3 Å². The summed E-state index contributed by atoms with van der Waals surface area (Å²) in [4.78, 5) is 7.70. The molecule has 0 aliphatic carbocycles. The topological polar surface area (TPSA) is 69.1 Å². The third-order valence-corrected chi connectivity index (χ3v) is 1.50.